The molecular weight excluding hydrogens is 270 g/mol. The third kappa shape index (κ3) is 1.38. The van der Waals surface area contributed by atoms with E-state index in [9.17, 15) is 0 Å². The fraction of sp³-hybridized carbons (Fsp3) is 0.105. The standard InChI is InChI=1S/C19H15N3/c1-21-10-16-14-8-12-5-7-22(2)18(12)9-15(14)13-4-3-6-20-19(13)17(16)11-21/h3-11H,1-2H3. The SMILES string of the molecule is Cn1cc2c3cc4ccn(C)c4cc3c3cccnc3c2c1. The summed E-state index contributed by atoms with van der Waals surface area (Å²) in [6, 6.07) is 11.0. The van der Waals surface area contributed by atoms with E-state index >= 15 is 0 Å². The molecule has 0 radical (unpaired) electrons. The zero-order valence-corrected chi connectivity index (χ0v) is 12.5. The largest absolute Gasteiger partial charge is 0.356 e. The Labute approximate surface area is 127 Å². The molecule has 0 amide bonds. The third-order valence-electron chi connectivity index (χ3n) is 4.62. The van der Waals surface area contributed by atoms with Gasteiger partial charge >= 0.3 is 0 Å². The van der Waals surface area contributed by atoms with Crippen LogP contribution in [-0.4, -0.2) is 14.1 Å². The first-order valence-electron chi connectivity index (χ1n) is 7.43. The van der Waals surface area contributed by atoms with Crippen molar-refractivity contribution in [3.05, 3.63) is 55.1 Å². The minimum absolute atomic E-state index is 1.08. The van der Waals surface area contributed by atoms with Gasteiger partial charge in [-0.15, -0.1) is 0 Å². The number of hydrogen-bond donors (Lipinski definition) is 0. The van der Waals surface area contributed by atoms with E-state index in [4.69, 9.17) is 0 Å². The molecule has 0 bridgehead atoms. The Morgan fingerprint density at radius 1 is 0.864 bits per heavy atom. The van der Waals surface area contributed by atoms with Gasteiger partial charge in [0.05, 0.1) is 5.52 Å². The van der Waals surface area contributed by atoms with E-state index in [0.717, 1.165) is 5.52 Å². The van der Waals surface area contributed by atoms with Crippen molar-refractivity contribution >= 4 is 43.4 Å². The summed E-state index contributed by atoms with van der Waals surface area (Å²) in [5.41, 5.74) is 2.34. The molecule has 3 heteroatoms. The summed E-state index contributed by atoms with van der Waals surface area (Å²) < 4.78 is 4.29. The van der Waals surface area contributed by atoms with Crippen molar-refractivity contribution in [3.63, 3.8) is 0 Å². The number of fused-ring (bicyclic) bond motifs is 7. The van der Waals surface area contributed by atoms with Gasteiger partial charge in [0.2, 0.25) is 0 Å². The average Bonchev–Trinajstić information content (AvgIpc) is 3.09. The highest BCUT2D eigenvalue weighted by Gasteiger charge is 2.12. The molecule has 0 aliphatic carbocycles. The highest BCUT2D eigenvalue weighted by Crippen LogP contribution is 2.36. The first-order chi connectivity index (χ1) is 10.7. The highest BCUT2D eigenvalue weighted by atomic mass is 14.9. The van der Waals surface area contributed by atoms with E-state index in [1.807, 2.05) is 12.3 Å². The number of aromatic nitrogens is 3. The van der Waals surface area contributed by atoms with Gasteiger partial charge in [-0.1, -0.05) is 6.07 Å². The van der Waals surface area contributed by atoms with Crippen molar-refractivity contribution in [1.29, 1.82) is 0 Å². The van der Waals surface area contributed by atoms with Crippen molar-refractivity contribution in [2.24, 2.45) is 14.1 Å². The van der Waals surface area contributed by atoms with Crippen LogP contribution in [0.2, 0.25) is 0 Å². The number of rotatable bonds is 0. The van der Waals surface area contributed by atoms with Crippen molar-refractivity contribution in [1.82, 2.24) is 14.1 Å². The van der Waals surface area contributed by atoms with Gasteiger partial charge in [-0.3, -0.25) is 4.98 Å². The van der Waals surface area contributed by atoms with E-state index in [2.05, 4.69) is 71.1 Å². The molecule has 22 heavy (non-hydrogen) atoms. The lowest BCUT2D eigenvalue weighted by molar-refractivity contribution is 0.934. The summed E-state index contributed by atoms with van der Waals surface area (Å²) in [6.45, 7) is 0. The lowest BCUT2D eigenvalue weighted by Crippen LogP contribution is -1.86. The fourth-order valence-electron chi connectivity index (χ4n) is 3.59. The van der Waals surface area contributed by atoms with Crippen LogP contribution >= 0.6 is 0 Å². The van der Waals surface area contributed by atoms with Gasteiger partial charge in [0.15, 0.2) is 0 Å². The van der Waals surface area contributed by atoms with E-state index in [1.165, 1.54) is 37.8 Å². The second kappa shape index (κ2) is 3.89. The molecule has 5 rings (SSSR count). The Kier molecular flexibility index (Phi) is 2.09. The fourth-order valence-corrected chi connectivity index (χ4v) is 3.59. The summed E-state index contributed by atoms with van der Waals surface area (Å²) in [6.07, 6.45) is 8.35. The summed E-state index contributed by atoms with van der Waals surface area (Å²) in [5.74, 6) is 0. The van der Waals surface area contributed by atoms with Crippen LogP contribution in [0.5, 0.6) is 0 Å². The molecule has 0 N–H and O–H groups in total. The molecule has 3 aromatic heterocycles. The van der Waals surface area contributed by atoms with Gasteiger partial charge < -0.3 is 9.13 Å². The molecule has 0 spiro atoms. The van der Waals surface area contributed by atoms with Gasteiger partial charge in [0.1, 0.15) is 0 Å². The lowest BCUT2D eigenvalue weighted by atomic mass is 9.98. The number of pyridine rings is 1. The average molecular weight is 285 g/mol. The molecule has 0 saturated carbocycles. The summed E-state index contributed by atoms with van der Waals surface area (Å²) in [5, 5.41) is 7.57. The summed E-state index contributed by atoms with van der Waals surface area (Å²) in [7, 11) is 4.16. The maximum absolute atomic E-state index is 4.64. The van der Waals surface area contributed by atoms with E-state index in [0.29, 0.717) is 0 Å². The predicted octanol–water partition coefficient (Wildman–Crippen LogP) is 4.37. The first-order valence-corrected chi connectivity index (χ1v) is 7.43. The molecule has 0 aliphatic heterocycles. The monoisotopic (exact) mass is 285 g/mol. The molecule has 0 unspecified atom stereocenters. The zero-order valence-electron chi connectivity index (χ0n) is 12.5. The maximum atomic E-state index is 4.64. The van der Waals surface area contributed by atoms with Crippen LogP contribution in [0.1, 0.15) is 0 Å². The zero-order chi connectivity index (χ0) is 14.8. The van der Waals surface area contributed by atoms with Gasteiger partial charge in [0, 0.05) is 65.9 Å². The van der Waals surface area contributed by atoms with E-state index in [-0.39, 0.29) is 0 Å². The molecule has 0 atom stereocenters. The highest BCUT2D eigenvalue weighted by molar-refractivity contribution is 6.26. The Hall–Kier alpha value is -2.81. The second-order valence-corrected chi connectivity index (χ2v) is 6.03. The Balaban J connectivity index is 2.18. The normalized spacial score (nSPS) is 12.1. The molecular formula is C19H15N3. The van der Waals surface area contributed by atoms with Gasteiger partial charge in [0.25, 0.3) is 0 Å². The number of aryl methyl sites for hydroxylation is 2. The number of nitrogens with zero attached hydrogens (tertiary/aromatic N) is 3. The van der Waals surface area contributed by atoms with Gasteiger partial charge in [-0.25, -0.2) is 0 Å². The van der Waals surface area contributed by atoms with Gasteiger partial charge in [-0.2, -0.15) is 0 Å². The summed E-state index contributed by atoms with van der Waals surface area (Å²) >= 11 is 0. The molecule has 2 aromatic carbocycles. The van der Waals surface area contributed by atoms with Gasteiger partial charge in [-0.05, 0) is 35.0 Å². The number of hydrogen-bond acceptors (Lipinski definition) is 1. The van der Waals surface area contributed by atoms with E-state index in [1.54, 1.807) is 0 Å². The van der Waals surface area contributed by atoms with E-state index < -0.39 is 0 Å². The summed E-state index contributed by atoms with van der Waals surface area (Å²) in [4.78, 5) is 4.64. The van der Waals surface area contributed by atoms with Crippen LogP contribution in [0.3, 0.4) is 0 Å². The lowest BCUT2D eigenvalue weighted by Gasteiger charge is -2.07. The Morgan fingerprint density at radius 3 is 2.59 bits per heavy atom. The molecule has 106 valence electrons. The quantitative estimate of drug-likeness (QED) is 0.387. The maximum Gasteiger partial charge on any atom is 0.0802 e. The first kappa shape index (κ1) is 11.8. The van der Waals surface area contributed by atoms with Crippen molar-refractivity contribution in [3.8, 4) is 0 Å². The molecule has 0 aliphatic rings. The topological polar surface area (TPSA) is 22.8 Å². The van der Waals surface area contributed by atoms with Crippen LogP contribution in [0.25, 0.3) is 43.4 Å². The minimum atomic E-state index is 1.08. The van der Waals surface area contributed by atoms with Crippen LogP contribution in [0, 0.1) is 0 Å². The number of benzene rings is 2. The van der Waals surface area contributed by atoms with Crippen LogP contribution in [-0.2, 0) is 14.1 Å². The van der Waals surface area contributed by atoms with Crippen LogP contribution in [0.4, 0.5) is 0 Å². The van der Waals surface area contributed by atoms with Crippen molar-refractivity contribution in [2.75, 3.05) is 0 Å². The molecule has 0 saturated heterocycles. The Bertz CT molecular complexity index is 1190. The third-order valence-corrected chi connectivity index (χ3v) is 4.62. The molecule has 3 heterocycles. The van der Waals surface area contributed by atoms with Crippen molar-refractivity contribution < 1.29 is 0 Å². The Morgan fingerprint density at radius 2 is 1.68 bits per heavy atom. The smallest absolute Gasteiger partial charge is 0.0802 e. The van der Waals surface area contributed by atoms with Crippen molar-refractivity contribution in [2.45, 2.75) is 0 Å². The second-order valence-electron chi connectivity index (χ2n) is 6.03. The predicted molar refractivity (Wildman–Crippen MR) is 92.2 cm³/mol. The molecule has 0 fully saturated rings. The van der Waals surface area contributed by atoms with Crippen LogP contribution < -0.4 is 0 Å². The molecule has 5 aromatic rings. The molecule has 3 nitrogen and oxygen atoms in total. The minimum Gasteiger partial charge on any atom is -0.356 e. The van der Waals surface area contributed by atoms with Crippen LogP contribution in [0.15, 0.2) is 55.1 Å².